The molecular weight excluding hydrogens is 349 g/mol. The summed E-state index contributed by atoms with van der Waals surface area (Å²) in [7, 11) is 0. The molecule has 4 rings (SSSR count). The Labute approximate surface area is 156 Å². The first-order valence-electron chi connectivity index (χ1n) is 9.52. The van der Waals surface area contributed by atoms with E-state index in [0.717, 1.165) is 45.7 Å². The number of H-pyrrole nitrogens is 1. The Morgan fingerprint density at radius 2 is 1.89 bits per heavy atom. The second kappa shape index (κ2) is 7.78. The van der Waals surface area contributed by atoms with Crippen LogP contribution in [-0.2, 0) is 4.74 Å². The molecule has 2 saturated heterocycles. The summed E-state index contributed by atoms with van der Waals surface area (Å²) in [6.45, 7) is 5.98. The van der Waals surface area contributed by atoms with Gasteiger partial charge in [-0.3, -0.25) is 14.5 Å². The van der Waals surface area contributed by atoms with Crippen LogP contribution in [0, 0.1) is 11.7 Å². The number of carbonyl (C=O) groups excluding carboxylic acids is 1. The molecule has 144 valence electrons. The molecule has 7 heteroatoms. The zero-order valence-corrected chi connectivity index (χ0v) is 15.2. The molecule has 0 aliphatic carbocycles. The third kappa shape index (κ3) is 4.04. The maximum Gasteiger partial charge on any atom is 0.254 e. The quantitative estimate of drug-likeness (QED) is 0.892. The fraction of sp³-hybridized carbons (Fsp3) is 0.500. The number of piperidine rings is 1. The number of hydrogen-bond acceptors (Lipinski definition) is 4. The van der Waals surface area contributed by atoms with Crippen molar-refractivity contribution in [2.75, 3.05) is 45.9 Å². The van der Waals surface area contributed by atoms with Gasteiger partial charge >= 0.3 is 0 Å². The third-order valence-corrected chi connectivity index (χ3v) is 5.56. The summed E-state index contributed by atoms with van der Waals surface area (Å²) in [6.07, 6.45) is 1.91. The molecule has 1 N–H and O–H groups in total. The lowest BCUT2D eigenvalue weighted by Crippen LogP contribution is -2.44. The van der Waals surface area contributed by atoms with Gasteiger partial charge in [0.2, 0.25) is 5.56 Å². The minimum atomic E-state index is -0.438. The second-order valence-corrected chi connectivity index (χ2v) is 7.39. The normalized spacial score (nSPS) is 19.5. The molecule has 2 aromatic rings. The number of aromatic nitrogens is 1. The number of carbonyl (C=O) groups is 1. The smallest absolute Gasteiger partial charge is 0.254 e. The molecule has 0 unspecified atom stereocenters. The van der Waals surface area contributed by atoms with Crippen molar-refractivity contribution in [2.45, 2.75) is 12.8 Å². The zero-order valence-electron chi connectivity index (χ0n) is 15.2. The molecular formula is C20H24FN3O3. The average Bonchev–Trinajstić information content (AvgIpc) is 2.68. The fourth-order valence-corrected chi connectivity index (χ4v) is 4.05. The van der Waals surface area contributed by atoms with E-state index in [2.05, 4.69) is 9.88 Å². The number of nitrogens with zero attached hydrogens (tertiary/aromatic N) is 2. The summed E-state index contributed by atoms with van der Waals surface area (Å²) >= 11 is 0. The molecule has 2 aliphatic rings. The van der Waals surface area contributed by atoms with Crippen LogP contribution in [0.5, 0.6) is 0 Å². The number of hydrogen-bond donors (Lipinski definition) is 1. The average molecular weight is 373 g/mol. The molecule has 1 aromatic heterocycles. The topological polar surface area (TPSA) is 65.6 Å². The number of fused-ring (bicyclic) bond motifs is 1. The summed E-state index contributed by atoms with van der Waals surface area (Å²) in [6, 6.07) is 5.44. The van der Waals surface area contributed by atoms with Crippen molar-refractivity contribution in [1.29, 1.82) is 0 Å². The Bertz CT molecular complexity index is 884. The van der Waals surface area contributed by atoms with E-state index in [1.807, 2.05) is 4.90 Å². The van der Waals surface area contributed by atoms with Gasteiger partial charge in [0.25, 0.3) is 5.91 Å². The number of rotatable bonds is 3. The van der Waals surface area contributed by atoms with Crippen molar-refractivity contribution in [1.82, 2.24) is 14.8 Å². The van der Waals surface area contributed by atoms with Gasteiger partial charge in [-0.25, -0.2) is 4.39 Å². The van der Waals surface area contributed by atoms with E-state index in [1.165, 1.54) is 18.2 Å². The van der Waals surface area contributed by atoms with E-state index >= 15 is 0 Å². The Balaban J connectivity index is 1.45. The van der Waals surface area contributed by atoms with Crippen molar-refractivity contribution >= 4 is 16.8 Å². The number of halogens is 1. The largest absolute Gasteiger partial charge is 0.379 e. The minimum absolute atomic E-state index is 0.150. The van der Waals surface area contributed by atoms with Crippen LogP contribution in [-0.4, -0.2) is 66.6 Å². The number of benzene rings is 1. The minimum Gasteiger partial charge on any atom is -0.379 e. The van der Waals surface area contributed by atoms with Gasteiger partial charge in [-0.2, -0.15) is 0 Å². The number of amides is 1. The first-order valence-corrected chi connectivity index (χ1v) is 9.52. The fourth-order valence-electron chi connectivity index (χ4n) is 4.05. The van der Waals surface area contributed by atoms with Crippen LogP contribution in [0.3, 0.4) is 0 Å². The van der Waals surface area contributed by atoms with E-state index < -0.39 is 11.4 Å². The van der Waals surface area contributed by atoms with Gasteiger partial charge in [-0.05, 0) is 37.0 Å². The van der Waals surface area contributed by atoms with E-state index in [9.17, 15) is 14.0 Å². The van der Waals surface area contributed by atoms with E-state index in [0.29, 0.717) is 35.5 Å². The molecule has 27 heavy (non-hydrogen) atoms. The third-order valence-electron chi connectivity index (χ3n) is 5.56. The lowest BCUT2D eigenvalue weighted by molar-refractivity contribution is 0.0243. The molecule has 3 heterocycles. The van der Waals surface area contributed by atoms with Gasteiger partial charge in [0, 0.05) is 44.2 Å². The number of pyridine rings is 1. The highest BCUT2D eigenvalue weighted by atomic mass is 19.1. The number of aromatic amines is 1. The Kier molecular flexibility index (Phi) is 5.22. The number of likely N-dealkylation sites (tertiary alicyclic amines) is 1. The van der Waals surface area contributed by atoms with Crippen molar-refractivity contribution in [3.63, 3.8) is 0 Å². The van der Waals surface area contributed by atoms with Crippen LogP contribution in [0.4, 0.5) is 4.39 Å². The molecule has 2 fully saturated rings. The molecule has 1 amide bonds. The molecule has 1 aromatic carbocycles. The van der Waals surface area contributed by atoms with E-state index in [-0.39, 0.29) is 5.91 Å². The van der Waals surface area contributed by atoms with E-state index in [1.54, 1.807) is 6.07 Å². The summed E-state index contributed by atoms with van der Waals surface area (Å²) in [5.74, 6) is -0.00799. The highest BCUT2D eigenvalue weighted by molar-refractivity contribution is 6.06. The molecule has 2 aliphatic heterocycles. The predicted molar refractivity (Wildman–Crippen MR) is 100 cm³/mol. The number of morpholine rings is 1. The standard InChI is InChI=1S/C20H24FN3O3/c21-15-1-2-16-17(12-19(25)22-18(16)11-15)20(26)24-5-3-14(4-6-24)13-23-7-9-27-10-8-23/h1-2,11-12,14H,3-10,13H2,(H,22,25). The van der Waals surface area contributed by atoms with Crippen molar-refractivity contribution in [3.8, 4) is 0 Å². The van der Waals surface area contributed by atoms with Crippen LogP contribution in [0.1, 0.15) is 23.2 Å². The second-order valence-electron chi connectivity index (χ2n) is 7.39. The lowest BCUT2D eigenvalue weighted by Gasteiger charge is -2.36. The Hall–Kier alpha value is -2.25. The van der Waals surface area contributed by atoms with Gasteiger partial charge in [0.05, 0.1) is 24.3 Å². The van der Waals surface area contributed by atoms with Crippen LogP contribution in [0.2, 0.25) is 0 Å². The van der Waals surface area contributed by atoms with Gasteiger partial charge < -0.3 is 14.6 Å². The summed E-state index contributed by atoms with van der Waals surface area (Å²) < 4.78 is 18.9. The first-order chi connectivity index (χ1) is 13.1. The SMILES string of the molecule is O=C(c1cc(=O)[nH]c2cc(F)ccc12)N1CCC(CN2CCOCC2)CC1. The van der Waals surface area contributed by atoms with Crippen LogP contribution in [0.15, 0.2) is 29.1 Å². The zero-order chi connectivity index (χ0) is 18.8. The van der Waals surface area contributed by atoms with Gasteiger partial charge in [0.15, 0.2) is 0 Å². The molecule has 0 atom stereocenters. The van der Waals surface area contributed by atoms with Crippen LogP contribution in [0.25, 0.3) is 10.9 Å². The van der Waals surface area contributed by atoms with Gasteiger partial charge in [-0.1, -0.05) is 0 Å². The van der Waals surface area contributed by atoms with Gasteiger partial charge in [0.1, 0.15) is 5.82 Å². The molecule has 0 saturated carbocycles. The number of ether oxygens (including phenoxy) is 1. The Morgan fingerprint density at radius 1 is 1.15 bits per heavy atom. The monoisotopic (exact) mass is 373 g/mol. The van der Waals surface area contributed by atoms with Crippen LogP contribution >= 0.6 is 0 Å². The first kappa shape index (κ1) is 18.1. The summed E-state index contributed by atoms with van der Waals surface area (Å²) in [5, 5.41) is 0.580. The molecule has 6 nitrogen and oxygen atoms in total. The van der Waals surface area contributed by atoms with Crippen molar-refractivity contribution < 1.29 is 13.9 Å². The summed E-state index contributed by atoms with van der Waals surface area (Å²) in [4.78, 5) is 31.8. The number of nitrogens with one attached hydrogen (secondary N) is 1. The molecule has 0 bridgehead atoms. The van der Waals surface area contributed by atoms with E-state index in [4.69, 9.17) is 4.74 Å². The highest BCUT2D eigenvalue weighted by Crippen LogP contribution is 2.23. The van der Waals surface area contributed by atoms with Gasteiger partial charge in [-0.15, -0.1) is 0 Å². The van der Waals surface area contributed by atoms with Crippen molar-refractivity contribution in [3.05, 3.63) is 46.0 Å². The van der Waals surface area contributed by atoms with Crippen molar-refractivity contribution in [2.24, 2.45) is 5.92 Å². The maximum absolute atomic E-state index is 13.5. The molecule has 0 spiro atoms. The Morgan fingerprint density at radius 3 is 2.63 bits per heavy atom. The van der Waals surface area contributed by atoms with Crippen LogP contribution < -0.4 is 5.56 Å². The lowest BCUT2D eigenvalue weighted by atomic mass is 9.95. The summed E-state index contributed by atoms with van der Waals surface area (Å²) in [5.41, 5.74) is 0.312. The predicted octanol–water partition coefficient (Wildman–Crippen LogP) is 1.85. The molecule has 0 radical (unpaired) electrons. The highest BCUT2D eigenvalue weighted by Gasteiger charge is 2.26. The maximum atomic E-state index is 13.5.